The third kappa shape index (κ3) is 3.71. The van der Waals surface area contributed by atoms with Crippen molar-refractivity contribution in [2.75, 3.05) is 18.8 Å². The number of rotatable bonds is 5. The number of thioether (sulfide) groups is 1. The van der Waals surface area contributed by atoms with Gasteiger partial charge < -0.3 is 13.9 Å². The van der Waals surface area contributed by atoms with Crippen LogP contribution in [0.4, 0.5) is 0 Å². The van der Waals surface area contributed by atoms with E-state index in [1.165, 1.54) is 11.8 Å². The van der Waals surface area contributed by atoms with E-state index in [0.29, 0.717) is 12.3 Å². The number of amides is 1. The summed E-state index contributed by atoms with van der Waals surface area (Å²) in [5, 5.41) is 8.76. The van der Waals surface area contributed by atoms with E-state index in [1.807, 2.05) is 21.6 Å². The lowest BCUT2D eigenvalue weighted by molar-refractivity contribution is -0.129. The number of hydrogen-bond acceptors (Lipinski definition) is 5. The summed E-state index contributed by atoms with van der Waals surface area (Å²) in [6.07, 6.45) is 5.52. The number of furan rings is 1. The van der Waals surface area contributed by atoms with Crippen LogP contribution in [0.25, 0.3) is 0 Å². The zero-order valence-corrected chi connectivity index (χ0v) is 13.5. The van der Waals surface area contributed by atoms with Crippen LogP contribution in [0.1, 0.15) is 25.5 Å². The van der Waals surface area contributed by atoms with E-state index >= 15 is 0 Å². The lowest BCUT2D eigenvalue weighted by atomic mass is 9.99. The minimum Gasteiger partial charge on any atom is -0.467 e. The second kappa shape index (κ2) is 7.00. The molecule has 6 nitrogen and oxygen atoms in total. The molecule has 1 aliphatic heterocycles. The number of nitrogens with zero attached hydrogens (tertiary/aromatic N) is 4. The Labute approximate surface area is 133 Å². The Hall–Kier alpha value is -1.76. The highest BCUT2D eigenvalue weighted by Gasteiger charge is 2.20. The molecule has 0 aromatic carbocycles. The van der Waals surface area contributed by atoms with Crippen molar-refractivity contribution in [3.63, 3.8) is 0 Å². The van der Waals surface area contributed by atoms with Crippen LogP contribution in [0, 0.1) is 5.92 Å². The van der Waals surface area contributed by atoms with Crippen molar-refractivity contribution in [2.24, 2.45) is 5.92 Å². The van der Waals surface area contributed by atoms with E-state index in [-0.39, 0.29) is 5.91 Å². The standard InChI is InChI=1S/C15H20N4O2S/c1-12-4-6-18(7-5-12)14(20)10-22-15-17-16-11-19(15)9-13-3-2-8-21-13/h2-3,8,11-12H,4-7,9-10H2,1H3. The molecule has 3 heterocycles. The summed E-state index contributed by atoms with van der Waals surface area (Å²) in [6.45, 7) is 4.57. The van der Waals surface area contributed by atoms with Crippen LogP contribution in [0.15, 0.2) is 34.3 Å². The van der Waals surface area contributed by atoms with Gasteiger partial charge in [0.05, 0.1) is 18.6 Å². The van der Waals surface area contributed by atoms with Crippen LogP contribution in [-0.2, 0) is 11.3 Å². The van der Waals surface area contributed by atoms with Crippen LogP contribution < -0.4 is 0 Å². The van der Waals surface area contributed by atoms with E-state index in [0.717, 1.165) is 42.8 Å². The largest absolute Gasteiger partial charge is 0.467 e. The molecule has 1 amide bonds. The molecule has 0 atom stereocenters. The van der Waals surface area contributed by atoms with Crippen LogP contribution in [0.5, 0.6) is 0 Å². The first kappa shape index (κ1) is 15.1. The molecule has 0 bridgehead atoms. The summed E-state index contributed by atoms with van der Waals surface area (Å²) in [4.78, 5) is 14.2. The summed E-state index contributed by atoms with van der Waals surface area (Å²) in [6, 6.07) is 3.77. The molecule has 0 radical (unpaired) electrons. The number of piperidine rings is 1. The molecule has 0 N–H and O–H groups in total. The lowest BCUT2D eigenvalue weighted by Gasteiger charge is -2.30. The monoisotopic (exact) mass is 320 g/mol. The maximum absolute atomic E-state index is 12.3. The average molecular weight is 320 g/mol. The van der Waals surface area contributed by atoms with Crippen molar-refractivity contribution in [1.82, 2.24) is 19.7 Å². The number of carbonyl (C=O) groups excluding carboxylic acids is 1. The van der Waals surface area contributed by atoms with Gasteiger partial charge in [0.25, 0.3) is 0 Å². The molecule has 7 heteroatoms. The highest BCUT2D eigenvalue weighted by Crippen LogP contribution is 2.20. The molecule has 22 heavy (non-hydrogen) atoms. The third-order valence-electron chi connectivity index (χ3n) is 3.95. The van der Waals surface area contributed by atoms with Gasteiger partial charge in [0.15, 0.2) is 5.16 Å². The van der Waals surface area contributed by atoms with Crippen molar-refractivity contribution < 1.29 is 9.21 Å². The SMILES string of the molecule is CC1CCN(C(=O)CSc2nncn2Cc2ccco2)CC1. The van der Waals surface area contributed by atoms with Gasteiger partial charge in [-0.3, -0.25) is 4.79 Å². The Kier molecular flexibility index (Phi) is 4.82. The maximum Gasteiger partial charge on any atom is 0.233 e. The van der Waals surface area contributed by atoms with Gasteiger partial charge >= 0.3 is 0 Å². The van der Waals surface area contributed by atoms with E-state index in [9.17, 15) is 4.79 Å². The van der Waals surface area contributed by atoms with Crippen LogP contribution in [0.3, 0.4) is 0 Å². The number of likely N-dealkylation sites (tertiary alicyclic amines) is 1. The van der Waals surface area contributed by atoms with Crippen molar-refractivity contribution >= 4 is 17.7 Å². The van der Waals surface area contributed by atoms with E-state index in [4.69, 9.17) is 4.42 Å². The minimum absolute atomic E-state index is 0.185. The highest BCUT2D eigenvalue weighted by atomic mass is 32.2. The van der Waals surface area contributed by atoms with Gasteiger partial charge in [-0.15, -0.1) is 10.2 Å². The molecular weight excluding hydrogens is 300 g/mol. The molecule has 0 unspecified atom stereocenters. The predicted molar refractivity (Wildman–Crippen MR) is 83.5 cm³/mol. The molecule has 0 spiro atoms. The first-order valence-electron chi connectivity index (χ1n) is 7.53. The topological polar surface area (TPSA) is 64.2 Å². The fraction of sp³-hybridized carbons (Fsp3) is 0.533. The fourth-order valence-corrected chi connectivity index (χ4v) is 3.33. The zero-order chi connectivity index (χ0) is 15.4. The summed E-state index contributed by atoms with van der Waals surface area (Å²) < 4.78 is 7.23. The smallest absolute Gasteiger partial charge is 0.233 e. The Morgan fingerprint density at radius 1 is 1.45 bits per heavy atom. The molecule has 118 valence electrons. The molecule has 1 aliphatic rings. The maximum atomic E-state index is 12.3. The zero-order valence-electron chi connectivity index (χ0n) is 12.6. The molecular formula is C15H20N4O2S. The van der Waals surface area contributed by atoms with Crippen molar-refractivity contribution in [3.05, 3.63) is 30.5 Å². The van der Waals surface area contributed by atoms with Gasteiger partial charge in [0, 0.05) is 13.1 Å². The van der Waals surface area contributed by atoms with Gasteiger partial charge in [0.1, 0.15) is 12.1 Å². The van der Waals surface area contributed by atoms with Gasteiger partial charge in [-0.1, -0.05) is 18.7 Å². The fourth-order valence-electron chi connectivity index (χ4n) is 2.51. The predicted octanol–water partition coefficient (Wildman–Crippen LogP) is 2.27. The van der Waals surface area contributed by atoms with E-state index in [2.05, 4.69) is 17.1 Å². The van der Waals surface area contributed by atoms with Crippen molar-refractivity contribution in [3.8, 4) is 0 Å². The average Bonchev–Trinajstić information content (AvgIpc) is 3.18. The summed E-state index contributed by atoms with van der Waals surface area (Å²) in [7, 11) is 0. The Bertz CT molecular complexity index is 603. The van der Waals surface area contributed by atoms with Gasteiger partial charge in [-0.05, 0) is 30.9 Å². The Balaban J connectivity index is 1.53. The van der Waals surface area contributed by atoms with Crippen molar-refractivity contribution in [1.29, 1.82) is 0 Å². The first-order chi connectivity index (χ1) is 10.7. The van der Waals surface area contributed by atoms with Crippen molar-refractivity contribution in [2.45, 2.75) is 31.5 Å². The molecule has 1 fully saturated rings. The Morgan fingerprint density at radius 3 is 3.00 bits per heavy atom. The molecule has 1 saturated heterocycles. The quantitative estimate of drug-likeness (QED) is 0.791. The number of carbonyl (C=O) groups is 1. The molecule has 0 saturated carbocycles. The van der Waals surface area contributed by atoms with Gasteiger partial charge in [-0.2, -0.15) is 0 Å². The van der Waals surface area contributed by atoms with Gasteiger partial charge in [0.2, 0.25) is 5.91 Å². The second-order valence-corrected chi connectivity index (χ2v) is 6.62. The molecule has 2 aromatic rings. The highest BCUT2D eigenvalue weighted by molar-refractivity contribution is 7.99. The van der Waals surface area contributed by atoms with E-state index in [1.54, 1.807) is 12.6 Å². The Morgan fingerprint density at radius 2 is 2.27 bits per heavy atom. The molecule has 0 aliphatic carbocycles. The number of hydrogen-bond donors (Lipinski definition) is 0. The molecule has 3 rings (SSSR count). The van der Waals surface area contributed by atoms with E-state index < -0.39 is 0 Å². The minimum atomic E-state index is 0.185. The van der Waals surface area contributed by atoms with Crippen LogP contribution in [0.2, 0.25) is 0 Å². The summed E-state index contributed by atoms with van der Waals surface area (Å²) in [5.74, 6) is 2.17. The van der Waals surface area contributed by atoms with Crippen LogP contribution in [-0.4, -0.2) is 44.4 Å². The third-order valence-corrected chi connectivity index (χ3v) is 4.91. The number of aromatic nitrogens is 3. The second-order valence-electron chi connectivity index (χ2n) is 5.67. The first-order valence-corrected chi connectivity index (χ1v) is 8.51. The summed E-state index contributed by atoms with van der Waals surface area (Å²) >= 11 is 1.43. The molecule has 2 aromatic heterocycles. The lowest BCUT2D eigenvalue weighted by Crippen LogP contribution is -2.38. The van der Waals surface area contributed by atoms with Gasteiger partial charge in [-0.25, -0.2) is 0 Å². The summed E-state index contributed by atoms with van der Waals surface area (Å²) in [5.41, 5.74) is 0. The normalized spacial score (nSPS) is 16.1. The van der Waals surface area contributed by atoms with Crippen LogP contribution >= 0.6 is 11.8 Å².